The number of pyridine rings is 1. The Labute approximate surface area is 385 Å². The van der Waals surface area contributed by atoms with Crippen LogP contribution in [0.3, 0.4) is 0 Å². The van der Waals surface area contributed by atoms with Gasteiger partial charge in [-0.1, -0.05) is 196 Å². The monoisotopic (exact) mass is 851 g/mol. The summed E-state index contributed by atoms with van der Waals surface area (Å²) in [5.74, 6) is 1.87. The van der Waals surface area contributed by atoms with Crippen molar-refractivity contribution < 1.29 is 0 Å². The highest BCUT2D eigenvalue weighted by Gasteiger charge is 2.37. The molecule has 3 atom stereocenters. The van der Waals surface area contributed by atoms with Crippen LogP contribution in [-0.4, -0.2) is 26.9 Å². The largest absolute Gasteiger partial charge is 0.342 e. The lowest BCUT2D eigenvalue weighted by Gasteiger charge is -2.37. The van der Waals surface area contributed by atoms with E-state index in [9.17, 15) is 0 Å². The smallest absolute Gasteiger partial charge is 0.159 e. The molecule has 0 bridgehead atoms. The van der Waals surface area contributed by atoms with Crippen molar-refractivity contribution in [2.75, 3.05) is 0 Å². The Morgan fingerprint density at radius 1 is 0.636 bits per heavy atom. The molecule has 7 aromatic carbocycles. The van der Waals surface area contributed by atoms with Crippen molar-refractivity contribution in [3.8, 4) is 28.1 Å². The number of fused-ring (bicyclic) bond motifs is 6. The molecule has 0 saturated carbocycles. The summed E-state index contributed by atoms with van der Waals surface area (Å²) in [6.45, 7) is 6.82. The molecule has 5 nitrogen and oxygen atoms in total. The van der Waals surface area contributed by atoms with Gasteiger partial charge in [0.05, 0.1) is 27.9 Å². The topological polar surface area (TPSA) is 54.6 Å². The molecule has 0 spiro atoms. The molecule has 2 aromatic heterocycles. The molecule has 0 saturated heterocycles. The third-order valence-corrected chi connectivity index (χ3v) is 14.0. The second-order valence-corrected chi connectivity index (χ2v) is 18.5. The summed E-state index contributed by atoms with van der Waals surface area (Å²) in [5, 5.41) is 7.42. The lowest BCUT2D eigenvalue weighted by Crippen LogP contribution is -2.50. The average molecular weight is 852 g/mol. The van der Waals surface area contributed by atoms with Crippen LogP contribution < -0.4 is 5.32 Å². The van der Waals surface area contributed by atoms with Crippen LogP contribution in [0.1, 0.15) is 55.0 Å². The fraction of sp³-hybridized carbons (Fsp3) is 0.131. The van der Waals surface area contributed by atoms with Gasteiger partial charge >= 0.3 is 0 Å². The summed E-state index contributed by atoms with van der Waals surface area (Å²) in [6, 6.07) is 62.7. The third-order valence-electron chi connectivity index (χ3n) is 14.0. The van der Waals surface area contributed by atoms with E-state index in [2.05, 4.69) is 237 Å². The maximum Gasteiger partial charge on any atom is 0.159 e. The molecular weight excluding hydrogens is 803 g/mol. The molecule has 0 radical (unpaired) electrons. The second kappa shape index (κ2) is 15.7. The highest BCUT2D eigenvalue weighted by molar-refractivity contribution is 6.24. The molecule has 12 rings (SSSR count). The minimum atomic E-state index is -0.787. The molecule has 318 valence electrons. The van der Waals surface area contributed by atoms with Gasteiger partial charge in [0.25, 0.3) is 0 Å². The van der Waals surface area contributed by atoms with Crippen LogP contribution in [-0.2, 0) is 11.8 Å². The van der Waals surface area contributed by atoms with Crippen molar-refractivity contribution in [1.29, 1.82) is 0 Å². The average Bonchev–Trinajstić information content (AvgIpc) is 3.72. The molecule has 3 heterocycles. The first kappa shape index (κ1) is 39.7. The Hall–Kier alpha value is -7.89. The van der Waals surface area contributed by atoms with E-state index in [4.69, 9.17) is 15.0 Å². The summed E-state index contributed by atoms with van der Waals surface area (Å²) in [4.78, 5) is 16.5. The van der Waals surface area contributed by atoms with Crippen LogP contribution in [0.15, 0.2) is 216 Å². The maximum atomic E-state index is 5.64. The van der Waals surface area contributed by atoms with Crippen LogP contribution >= 0.6 is 0 Å². The van der Waals surface area contributed by atoms with Gasteiger partial charge in [0.2, 0.25) is 0 Å². The predicted molar refractivity (Wildman–Crippen MR) is 276 cm³/mol. The minimum Gasteiger partial charge on any atom is -0.342 e. The van der Waals surface area contributed by atoms with Gasteiger partial charge in [0.15, 0.2) is 11.5 Å². The molecule has 3 unspecified atom stereocenters. The fourth-order valence-corrected chi connectivity index (χ4v) is 10.5. The van der Waals surface area contributed by atoms with Crippen LogP contribution in [0.5, 0.6) is 0 Å². The molecule has 66 heavy (non-hydrogen) atoms. The third kappa shape index (κ3) is 6.65. The zero-order chi connectivity index (χ0) is 44.4. The number of hydrogen-bond acceptors (Lipinski definition) is 4. The van der Waals surface area contributed by atoms with E-state index in [0.717, 1.165) is 80.1 Å². The summed E-state index contributed by atoms with van der Waals surface area (Å²) in [6.07, 6.45) is 13.4. The van der Waals surface area contributed by atoms with Gasteiger partial charge in [-0.15, -0.1) is 0 Å². The molecular formula is C61H49N5. The quantitative estimate of drug-likeness (QED) is 0.174. The molecule has 5 heteroatoms. The number of allylic oxidation sites excluding steroid dienone is 3. The van der Waals surface area contributed by atoms with Crippen molar-refractivity contribution in [1.82, 2.24) is 14.9 Å². The fourth-order valence-electron chi connectivity index (χ4n) is 10.5. The second-order valence-electron chi connectivity index (χ2n) is 18.5. The molecule has 0 amide bonds. The van der Waals surface area contributed by atoms with Crippen LogP contribution in [0.25, 0.3) is 66.9 Å². The number of benzene rings is 7. The Balaban J connectivity index is 1.05. The first-order valence-electron chi connectivity index (χ1n) is 23.1. The van der Waals surface area contributed by atoms with Gasteiger partial charge in [0.1, 0.15) is 5.84 Å². The van der Waals surface area contributed by atoms with Crippen molar-refractivity contribution in [3.05, 3.63) is 234 Å². The van der Waals surface area contributed by atoms with Crippen LogP contribution in [0.4, 0.5) is 0 Å². The van der Waals surface area contributed by atoms with Crippen LogP contribution in [0, 0.1) is 5.92 Å². The normalized spacial score (nSPS) is 20.2. The number of rotatable bonds is 7. The van der Waals surface area contributed by atoms with E-state index >= 15 is 0 Å². The van der Waals surface area contributed by atoms with Gasteiger partial charge < -0.3 is 9.88 Å². The summed E-state index contributed by atoms with van der Waals surface area (Å²) in [7, 11) is 0. The van der Waals surface area contributed by atoms with E-state index in [-0.39, 0.29) is 5.41 Å². The molecule has 1 aliphatic heterocycles. The van der Waals surface area contributed by atoms with Gasteiger partial charge in [-0.2, -0.15) is 0 Å². The zero-order valence-electron chi connectivity index (χ0n) is 37.4. The number of aliphatic imine (C=N–C) groups is 2. The van der Waals surface area contributed by atoms with E-state index in [1.165, 1.54) is 38.6 Å². The maximum absolute atomic E-state index is 5.64. The van der Waals surface area contributed by atoms with Crippen molar-refractivity contribution in [3.63, 3.8) is 0 Å². The molecule has 1 N–H and O–H groups in total. The summed E-state index contributed by atoms with van der Waals surface area (Å²) < 4.78 is 2.47. The van der Waals surface area contributed by atoms with E-state index < -0.39 is 5.66 Å². The van der Waals surface area contributed by atoms with Gasteiger partial charge in [-0.3, -0.25) is 0 Å². The lowest BCUT2D eigenvalue weighted by atomic mass is 9.75. The number of aromatic nitrogens is 2. The number of nitrogens with one attached hydrogen (secondary N) is 1. The lowest BCUT2D eigenvalue weighted by molar-refractivity contribution is 0.502. The van der Waals surface area contributed by atoms with E-state index in [1.54, 1.807) is 0 Å². The summed E-state index contributed by atoms with van der Waals surface area (Å²) in [5.41, 5.74) is 14.8. The van der Waals surface area contributed by atoms with Gasteiger partial charge in [-0.05, 0) is 77.8 Å². The first-order valence-corrected chi connectivity index (χ1v) is 23.1. The molecule has 9 aromatic rings. The Morgan fingerprint density at radius 2 is 1.29 bits per heavy atom. The number of hydrogen-bond donors (Lipinski definition) is 1. The van der Waals surface area contributed by atoms with Gasteiger partial charge in [0, 0.05) is 43.8 Å². The zero-order valence-corrected chi connectivity index (χ0v) is 37.4. The van der Waals surface area contributed by atoms with Crippen LogP contribution in [0.2, 0.25) is 0 Å². The standard InChI is InChI=1S/C61H49N5/c1-40-27-32-47-51(39-40)48(33-34-54(47)66-53-26-16-14-24-50(53)55-49-23-13-15-25-52(49)62-56(57(55)66)43-19-9-5-10-20-43)59-63-58(44-30-28-42(29-31-44)41-17-7-4-8-18-41)64-61(3,65-59)46-35-37-60(2,38-36-46)45-21-11-6-12-22-45/h4-37,40H,38-39H2,1-3H3,(H,63,64,65). The van der Waals surface area contributed by atoms with Crippen molar-refractivity contribution in [2.45, 2.75) is 44.7 Å². The van der Waals surface area contributed by atoms with Gasteiger partial charge in [-0.25, -0.2) is 15.0 Å². The highest BCUT2D eigenvalue weighted by atomic mass is 15.2. The SMILES string of the molecule is CC1C=Cc2c(-n3c4ccccc4c4c5ccccc5nc(-c5ccccc5)c43)ccc(C3=NC(C)(C4=CCC(C)(c5ccccc5)C=C4)NC(c4ccc(-c5ccccc5)cc4)=N3)c2C1. The predicted octanol–water partition coefficient (Wildman–Crippen LogP) is 14.2. The molecule has 2 aliphatic carbocycles. The molecule has 0 fully saturated rings. The van der Waals surface area contributed by atoms with E-state index in [1.807, 2.05) is 0 Å². The minimum absolute atomic E-state index is 0.112. The number of nitrogens with zero attached hydrogens (tertiary/aromatic N) is 4. The Morgan fingerprint density at radius 3 is 2.03 bits per heavy atom. The summed E-state index contributed by atoms with van der Waals surface area (Å²) >= 11 is 0. The van der Waals surface area contributed by atoms with E-state index in [0.29, 0.717) is 5.92 Å². The van der Waals surface area contributed by atoms with Crippen molar-refractivity contribution in [2.24, 2.45) is 15.9 Å². The Kier molecular flexibility index (Phi) is 9.42. The molecule has 3 aliphatic rings. The van der Waals surface area contributed by atoms with Crippen molar-refractivity contribution >= 4 is 50.5 Å². The number of para-hydroxylation sites is 2. The first-order chi connectivity index (χ1) is 32.3. The Bertz CT molecular complexity index is 3520. The number of amidine groups is 2. The highest BCUT2D eigenvalue weighted by Crippen LogP contribution is 2.44.